The molecule has 0 saturated heterocycles. The molecular weight excluding hydrogens is 312 g/mol. The van der Waals surface area contributed by atoms with Crippen molar-refractivity contribution in [2.75, 3.05) is 17.3 Å². The molecule has 1 heterocycles. The van der Waals surface area contributed by atoms with Gasteiger partial charge >= 0.3 is 0 Å². The van der Waals surface area contributed by atoms with E-state index < -0.39 is 0 Å². The van der Waals surface area contributed by atoms with E-state index >= 15 is 0 Å². The van der Waals surface area contributed by atoms with Crippen LogP contribution in [0.25, 0.3) is 0 Å². The summed E-state index contributed by atoms with van der Waals surface area (Å²) in [4.78, 5) is 14.1. The van der Waals surface area contributed by atoms with Gasteiger partial charge in [0.25, 0.3) is 5.91 Å². The Morgan fingerprint density at radius 1 is 0.920 bits per heavy atom. The van der Waals surface area contributed by atoms with E-state index in [9.17, 15) is 4.79 Å². The van der Waals surface area contributed by atoms with Crippen LogP contribution >= 0.6 is 0 Å². The lowest BCUT2D eigenvalue weighted by Crippen LogP contribution is -2.27. The molecule has 5 heteroatoms. The monoisotopic (exact) mass is 332 g/mol. The highest BCUT2D eigenvalue weighted by Gasteiger charge is 2.15. The van der Waals surface area contributed by atoms with E-state index in [0.717, 1.165) is 11.4 Å². The molecule has 3 rings (SSSR count). The molecule has 0 saturated carbocycles. The molecule has 1 amide bonds. The molecule has 0 fully saturated rings. The molecule has 0 aliphatic rings. The first kappa shape index (κ1) is 16.6. The van der Waals surface area contributed by atoms with Crippen molar-refractivity contribution in [3.05, 3.63) is 77.5 Å². The number of hydrogen-bond acceptors (Lipinski definition) is 4. The number of nitrogens with zero attached hydrogens (tertiary/aromatic N) is 3. The van der Waals surface area contributed by atoms with Gasteiger partial charge in [0, 0.05) is 18.4 Å². The fourth-order valence-corrected chi connectivity index (χ4v) is 2.42. The average Bonchev–Trinajstić information content (AvgIpc) is 2.65. The van der Waals surface area contributed by atoms with Crippen LogP contribution in [0.5, 0.6) is 0 Å². The van der Waals surface area contributed by atoms with E-state index in [-0.39, 0.29) is 5.91 Å². The zero-order chi connectivity index (χ0) is 17.8. The highest BCUT2D eigenvalue weighted by Crippen LogP contribution is 2.19. The fourth-order valence-electron chi connectivity index (χ4n) is 2.42. The van der Waals surface area contributed by atoms with Crippen molar-refractivity contribution in [2.24, 2.45) is 0 Å². The minimum absolute atomic E-state index is 0.198. The van der Waals surface area contributed by atoms with Crippen molar-refractivity contribution in [3.8, 4) is 0 Å². The van der Waals surface area contributed by atoms with Crippen LogP contribution in [0.2, 0.25) is 0 Å². The summed E-state index contributed by atoms with van der Waals surface area (Å²) in [5, 5.41) is 11.4. The van der Waals surface area contributed by atoms with Crippen LogP contribution in [-0.4, -0.2) is 23.2 Å². The summed E-state index contributed by atoms with van der Waals surface area (Å²) >= 11 is 0. The highest BCUT2D eigenvalue weighted by atomic mass is 16.2. The molecule has 3 aromatic rings. The SMILES string of the molecule is Cc1ccc(Nc2ccc(C(=O)N(C)c3ccccc3)nn2)cc1C. The molecule has 1 aromatic heterocycles. The molecule has 2 aromatic carbocycles. The van der Waals surface area contributed by atoms with Crippen LogP contribution < -0.4 is 10.2 Å². The van der Waals surface area contributed by atoms with Crippen molar-refractivity contribution in [1.82, 2.24) is 10.2 Å². The van der Waals surface area contributed by atoms with Crippen molar-refractivity contribution >= 4 is 23.1 Å². The second-order valence-corrected chi connectivity index (χ2v) is 5.93. The van der Waals surface area contributed by atoms with Crippen LogP contribution in [0, 0.1) is 13.8 Å². The summed E-state index contributed by atoms with van der Waals surface area (Å²) in [6.45, 7) is 4.13. The first-order chi connectivity index (χ1) is 12.0. The van der Waals surface area contributed by atoms with Gasteiger partial charge in [0.05, 0.1) is 0 Å². The average molecular weight is 332 g/mol. The number of amides is 1. The number of aromatic nitrogens is 2. The Balaban J connectivity index is 1.73. The third-order valence-electron chi connectivity index (χ3n) is 4.11. The minimum atomic E-state index is -0.198. The Morgan fingerprint density at radius 3 is 2.32 bits per heavy atom. The Kier molecular flexibility index (Phi) is 4.75. The zero-order valence-corrected chi connectivity index (χ0v) is 14.5. The van der Waals surface area contributed by atoms with Gasteiger partial charge in [-0.3, -0.25) is 4.79 Å². The van der Waals surface area contributed by atoms with E-state index in [1.807, 2.05) is 36.4 Å². The van der Waals surface area contributed by atoms with Crippen LogP contribution in [0.15, 0.2) is 60.7 Å². The first-order valence-electron chi connectivity index (χ1n) is 8.06. The normalized spacial score (nSPS) is 10.4. The lowest BCUT2D eigenvalue weighted by molar-refractivity contribution is 0.0987. The van der Waals surface area contributed by atoms with E-state index in [0.29, 0.717) is 11.5 Å². The van der Waals surface area contributed by atoms with Crippen LogP contribution in [-0.2, 0) is 0 Å². The summed E-state index contributed by atoms with van der Waals surface area (Å²) in [6, 6.07) is 19.0. The molecule has 25 heavy (non-hydrogen) atoms. The van der Waals surface area contributed by atoms with Crippen LogP contribution in [0.1, 0.15) is 21.6 Å². The Morgan fingerprint density at radius 2 is 1.68 bits per heavy atom. The second kappa shape index (κ2) is 7.13. The molecule has 126 valence electrons. The van der Waals surface area contributed by atoms with Gasteiger partial charge in [-0.2, -0.15) is 0 Å². The summed E-state index contributed by atoms with van der Waals surface area (Å²) < 4.78 is 0. The number of nitrogens with one attached hydrogen (secondary N) is 1. The van der Waals surface area contributed by atoms with Gasteiger partial charge in [-0.05, 0) is 61.4 Å². The predicted molar refractivity (Wildman–Crippen MR) is 100 cm³/mol. The number of benzene rings is 2. The minimum Gasteiger partial charge on any atom is -0.339 e. The third kappa shape index (κ3) is 3.83. The number of aryl methyl sites for hydroxylation is 2. The number of hydrogen-bond donors (Lipinski definition) is 1. The van der Waals surface area contributed by atoms with Crippen molar-refractivity contribution in [3.63, 3.8) is 0 Å². The first-order valence-corrected chi connectivity index (χ1v) is 8.06. The van der Waals surface area contributed by atoms with E-state index in [1.165, 1.54) is 11.1 Å². The molecular formula is C20H20N4O. The molecule has 0 atom stereocenters. The Hall–Kier alpha value is -3.21. The van der Waals surface area contributed by atoms with Crippen molar-refractivity contribution in [1.29, 1.82) is 0 Å². The summed E-state index contributed by atoms with van der Waals surface area (Å²) in [5.41, 5.74) is 4.50. The Bertz CT molecular complexity index is 876. The molecule has 1 N–H and O–H groups in total. The zero-order valence-electron chi connectivity index (χ0n) is 14.5. The predicted octanol–water partition coefficient (Wildman–Crippen LogP) is 4.11. The number of rotatable bonds is 4. The van der Waals surface area contributed by atoms with Gasteiger partial charge in [0.15, 0.2) is 11.5 Å². The van der Waals surface area contributed by atoms with Gasteiger partial charge in [0.2, 0.25) is 0 Å². The molecule has 0 unspecified atom stereocenters. The highest BCUT2D eigenvalue weighted by molar-refractivity contribution is 6.04. The smallest absolute Gasteiger partial charge is 0.278 e. The molecule has 0 aliphatic carbocycles. The second-order valence-electron chi connectivity index (χ2n) is 5.93. The van der Waals surface area contributed by atoms with Gasteiger partial charge in [-0.25, -0.2) is 0 Å². The van der Waals surface area contributed by atoms with Gasteiger partial charge in [-0.15, -0.1) is 10.2 Å². The number of anilines is 3. The summed E-state index contributed by atoms with van der Waals surface area (Å²) in [6.07, 6.45) is 0. The topological polar surface area (TPSA) is 58.1 Å². The number of carbonyl (C=O) groups is 1. The van der Waals surface area contributed by atoms with Crippen molar-refractivity contribution in [2.45, 2.75) is 13.8 Å². The van der Waals surface area contributed by atoms with E-state index in [2.05, 4.69) is 41.5 Å². The summed E-state index contributed by atoms with van der Waals surface area (Å²) in [5.74, 6) is 0.401. The molecule has 5 nitrogen and oxygen atoms in total. The maximum atomic E-state index is 12.5. The number of carbonyl (C=O) groups excluding carboxylic acids is 1. The van der Waals surface area contributed by atoms with E-state index in [1.54, 1.807) is 24.1 Å². The molecule has 0 radical (unpaired) electrons. The third-order valence-corrected chi connectivity index (χ3v) is 4.11. The maximum Gasteiger partial charge on any atom is 0.278 e. The molecule has 0 aliphatic heterocycles. The molecule has 0 bridgehead atoms. The van der Waals surface area contributed by atoms with Crippen LogP contribution in [0.4, 0.5) is 17.2 Å². The fraction of sp³-hybridized carbons (Fsp3) is 0.150. The molecule has 0 spiro atoms. The lowest BCUT2D eigenvalue weighted by Gasteiger charge is -2.16. The van der Waals surface area contributed by atoms with Crippen molar-refractivity contribution < 1.29 is 4.79 Å². The number of para-hydroxylation sites is 1. The van der Waals surface area contributed by atoms with Gasteiger partial charge in [0.1, 0.15) is 0 Å². The summed E-state index contributed by atoms with van der Waals surface area (Å²) in [7, 11) is 1.72. The quantitative estimate of drug-likeness (QED) is 0.781. The van der Waals surface area contributed by atoms with Gasteiger partial charge in [-0.1, -0.05) is 24.3 Å². The standard InChI is InChI=1S/C20H20N4O/c1-14-9-10-16(13-15(14)2)21-19-12-11-18(22-23-19)20(25)24(3)17-7-5-4-6-8-17/h4-13H,1-3H3,(H,21,23). The van der Waals surface area contributed by atoms with E-state index in [4.69, 9.17) is 0 Å². The maximum absolute atomic E-state index is 12.5. The largest absolute Gasteiger partial charge is 0.339 e. The Labute approximate surface area is 147 Å². The van der Waals surface area contributed by atoms with Crippen LogP contribution in [0.3, 0.4) is 0 Å². The van der Waals surface area contributed by atoms with Gasteiger partial charge < -0.3 is 10.2 Å². The lowest BCUT2D eigenvalue weighted by atomic mass is 10.1.